The van der Waals surface area contributed by atoms with Crippen LogP contribution in [0.25, 0.3) is 10.9 Å². The minimum atomic E-state index is 0.566. The van der Waals surface area contributed by atoms with Crippen LogP contribution in [0.1, 0.15) is 11.4 Å². The predicted molar refractivity (Wildman–Crippen MR) is 95.1 cm³/mol. The van der Waals surface area contributed by atoms with E-state index in [1.165, 1.54) is 0 Å². The first-order valence-electron chi connectivity index (χ1n) is 7.21. The van der Waals surface area contributed by atoms with Gasteiger partial charge < -0.3 is 15.2 Å². The van der Waals surface area contributed by atoms with E-state index in [0.29, 0.717) is 23.1 Å². The lowest BCUT2D eigenvalue weighted by Gasteiger charge is -2.11. The van der Waals surface area contributed by atoms with Crippen LogP contribution in [0, 0.1) is 0 Å². The largest absolute Gasteiger partial charge is 0.385 e. The Kier molecular flexibility index (Phi) is 4.71. The van der Waals surface area contributed by atoms with E-state index in [0.717, 1.165) is 28.0 Å². The minimum absolute atomic E-state index is 0.566. The Balaban J connectivity index is 1.81. The third-order valence-electron chi connectivity index (χ3n) is 3.56. The van der Waals surface area contributed by atoms with Crippen molar-refractivity contribution in [2.75, 3.05) is 12.4 Å². The van der Waals surface area contributed by atoms with E-state index in [-0.39, 0.29) is 0 Å². The lowest BCUT2D eigenvalue weighted by atomic mass is 10.1. The van der Waals surface area contributed by atoms with Gasteiger partial charge in [-0.2, -0.15) is 0 Å². The van der Waals surface area contributed by atoms with Crippen molar-refractivity contribution >= 4 is 39.8 Å². The van der Waals surface area contributed by atoms with Crippen molar-refractivity contribution < 1.29 is 0 Å². The van der Waals surface area contributed by atoms with Crippen LogP contribution in [0.4, 0.5) is 5.69 Å². The number of rotatable bonds is 5. The van der Waals surface area contributed by atoms with Crippen LogP contribution < -0.4 is 10.6 Å². The van der Waals surface area contributed by atoms with Crippen LogP contribution in [0.3, 0.4) is 0 Å². The molecular formula is C16H17Cl2N5. The maximum absolute atomic E-state index is 6.25. The van der Waals surface area contributed by atoms with Crippen LogP contribution in [-0.4, -0.2) is 21.6 Å². The van der Waals surface area contributed by atoms with Crippen LogP contribution in [-0.2, 0) is 20.1 Å². The fraction of sp³-hybridized carbons (Fsp3) is 0.250. The Morgan fingerprint density at radius 1 is 1.13 bits per heavy atom. The topological polar surface area (TPSA) is 54.8 Å². The van der Waals surface area contributed by atoms with Gasteiger partial charge in [0.15, 0.2) is 0 Å². The standard InChI is InChI=1S/C16H17Cl2N5/c1-19-16-14(18)5-13(17)12-4-3-10(22-15(12)16)6-20-7-11-8-23(2)9-21-11/h3-5,8-9,19-20H,6-7H2,1-2H3. The number of benzene rings is 1. The Morgan fingerprint density at radius 2 is 1.91 bits per heavy atom. The molecule has 0 bridgehead atoms. The van der Waals surface area contributed by atoms with Crippen LogP contribution >= 0.6 is 23.2 Å². The molecule has 2 N–H and O–H groups in total. The Labute approximate surface area is 144 Å². The summed E-state index contributed by atoms with van der Waals surface area (Å²) in [6, 6.07) is 5.67. The summed E-state index contributed by atoms with van der Waals surface area (Å²) in [7, 11) is 3.77. The first-order valence-corrected chi connectivity index (χ1v) is 7.97. The van der Waals surface area contributed by atoms with Crippen molar-refractivity contribution in [2.24, 2.45) is 7.05 Å². The molecule has 0 fully saturated rings. The SMILES string of the molecule is CNc1c(Cl)cc(Cl)c2ccc(CNCc3cn(C)cn3)nc12. The molecule has 0 aliphatic heterocycles. The highest BCUT2D eigenvalue weighted by molar-refractivity contribution is 6.40. The normalized spacial score (nSPS) is 11.1. The first kappa shape index (κ1) is 16.1. The fourth-order valence-electron chi connectivity index (χ4n) is 2.47. The monoisotopic (exact) mass is 349 g/mol. The average molecular weight is 350 g/mol. The van der Waals surface area contributed by atoms with Gasteiger partial charge in [-0.15, -0.1) is 0 Å². The van der Waals surface area contributed by atoms with Crippen molar-refractivity contribution in [3.8, 4) is 0 Å². The number of nitrogens with zero attached hydrogens (tertiary/aromatic N) is 3. The molecule has 120 valence electrons. The summed E-state index contributed by atoms with van der Waals surface area (Å²) in [5.74, 6) is 0. The summed E-state index contributed by atoms with van der Waals surface area (Å²) in [6.07, 6.45) is 3.77. The molecular weight excluding hydrogens is 333 g/mol. The zero-order valence-corrected chi connectivity index (χ0v) is 14.4. The molecule has 2 aromatic heterocycles. The zero-order valence-electron chi connectivity index (χ0n) is 12.9. The maximum atomic E-state index is 6.25. The highest BCUT2D eigenvalue weighted by Crippen LogP contribution is 2.35. The number of pyridine rings is 1. The first-order chi connectivity index (χ1) is 11.1. The molecule has 0 aliphatic rings. The molecule has 3 rings (SSSR count). The molecule has 0 spiro atoms. The molecule has 0 aliphatic carbocycles. The molecule has 0 unspecified atom stereocenters. The van der Waals surface area contributed by atoms with E-state index in [1.807, 2.05) is 37.0 Å². The molecule has 5 nitrogen and oxygen atoms in total. The fourth-order valence-corrected chi connectivity index (χ4v) is 3.08. The van der Waals surface area contributed by atoms with Gasteiger partial charge in [0.05, 0.1) is 39.0 Å². The highest BCUT2D eigenvalue weighted by atomic mass is 35.5. The number of aromatic nitrogens is 3. The summed E-state index contributed by atoms with van der Waals surface area (Å²) in [5.41, 5.74) is 3.48. The molecule has 0 saturated heterocycles. The average Bonchev–Trinajstić information content (AvgIpc) is 2.93. The highest BCUT2D eigenvalue weighted by Gasteiger charge is 2.11. The van der Waals surface area contributed by atoms with Gasteiger partial charge in [0.1, 0.15) is 0 Å². The second kappa shape index (κ2) is 6.74. The smallest absolute Gasteiger partial charge is 0.0967 e. The second-order valence-electron chi connectivity index (χ2n) is 5.30. The summed E-state index contributed by atoms with van der Waals surface area (Å²) in [4.78, 5) is 8.97. The van der Waals surface area contributed by atoms with Gasteiger partial charge in [-0.05, 0) is 18.2 Å². The summed E-state index contributed by atoms with van der Waals surface area (Å²) in [6.45, 7) is 1.33. The number of halogens is 2. The number of hydrogen-bond acceptors (Lipinski definition) is 4. The van der Waals surface area contributed by atoms with E-state index in [9.17, 15) is 0 Å². The van der Waals surface area contributed by atoms with Crippen LogP contribution in [0.15, 0.2) is 30.7 Å². The molecule has 0 amide bonds. The van der Waals surface area contributed by atoms with Gasteiger partial charge in [-0.3, -0.25) is 0 Å². The van der Waals surface area contributed by atoms with Gasteiger partial charge >= 0.3 is 0 Å². The summed E-state index contributed by atoms with van der Waals surface area (Å²) >= 11 is 12.5. The van der Waals surface area contributed by atoms with Crippen LogP contribution in [0.5, 0.6) is 0 Å². The second-order valence-corrected chi connectivity index (χ2v) is 6.11. The zero-order chi connectivity index (χ0) is 16.4. The molecule has 7 heteroatoms. The van der Waals surface area contributed by atoms with Crippen molar-refractivity contribution in [2.45, 2.75) is 13.1 Å². The van der Waals surface area contributed by atoms with Gasteiger partial charge in [-0.25, -0.2) is 9.97 Å². The molecule has 23 heavy (non-hydrogen) atoms. The number of anilines is 1. The lowest BCUT2D eigenvalue weighted by molar-refractivity contribution is 0.671. The van der Waals surface area contributed by atoms with E-state index in [4.69, 9.17) is 23.2 Å². The number of nitrogens with one attached hydrogen (secondary N) is 2. The van der Waals surface area contributed by atoms with Crippen molar-refractivity contribution in [1.82, 2.24) is 19.9 Å². The van der Waals surface area contributed by atoms with Crippen molar-refractivity contribution in [1.29, 1.82) is 0 Å². The summed E-state index contributed by atoms with van der Waals surface area (Å²) in [5, 5.41) is 8.48. The van der Waals surface area contributed by atoms with Gasteiger partial charge in [0.2, 0.25) is 0 Å². The molecule has 0 atom stereocenters. The number of fused-ring (bicyclic) bond motifs is 1. The van der Waals surface area contributed by atoms with E-state index < -0.39 is 0 Å². The van der Waals surface area contributed by atoms with Gasteiger partial charge in [0, 0.05) is 38.8 Å². The Bertz CT molecular complexity index is 844. The number of imidazole rings is 1. The third kappa shape index (κ3) is 3.42. The Hall–Kier alpha value is -1.82. The van der Waals surface area contributed by atoms with Crippen molar-refractivity contribution in [3.05, 3.63) is 52.2 Å². The van der Waals surface area contributed by atoms with Crippen LogP contribution in [0.2, 0.25) is 10.0 Å². The Morgan fingerprint density at radius 3 is 2.61 bits per heavy atom. The molecule has 0 saturated carbocycles. The maximum Gasteiger partial charge on any atom is 0.0967 e. The van der Waals surface area contributed by atoms with E-state index in [2.05, 4.69) is 20.6 Å². The summed E-state index contributed by atoms with van der Waals surface area (Å²) < 4.78 is 1.93. The quantitative estimate of drug-likeness (QED) is 0.738. The molecule has 3 aromatic rings. The van der Waals surface area contributed by atoms with E-state index >= 15 is 0 Å². The van der Waals surface area contributed by atoms with Gasteiger partial charge in [0.25, 0.3) is 0 Å². The van der Waals surface area contributed by atoms with Gasteiger partial charge in [-0.1, -0.05) is 23.2 Å². The minimum Gasteiger partial charge on any atom is -0.385 e. The lowest BCUT2D eigenvalue weighted by Crippen LogP contribution is -2.14. The third-order valence-corrected chi connectivity index (χ3v) is 4.17. The molecule has 2 heterocycles. The number of hydrogen-bond donors (Lipinski definition) is 2. The molecule has 1 aromatic carbocycles. The molecule has 0 radical (unpaired) electrons. The number of aryl methyl sites for hydroxylation is 1. The predicted octanol–water partition coefficient (Wildman–Crippen LogP) is 3.61. The van der Waals surface area contributed by atoms with E-state index in [1.54, 1.807) is 12.4 Å². The van der Waals surface area contributed by atoms with Crippen molar-refractivity contribution in [3.63, 3.8) is 0 Å².